The first-order valence-corrected chi connectivity index (χ1v) is 31.2. The van der Waals surface area contributed by atoms with Gasteiger partial charge in [0.25, 0.3) is 0 Å². The van der Waals surface area contributed by atoms with E-state index in [9.17, 15) is 48.3 Å². The molecule has 0 spiro atoms. The minimum Gasteiger partial charge on any atom is -0.390 e. The summed E-state index contributed by atoms with van der Waals surface area (Å²) in [5.41, 5.74) is 0. The van der Waals surface area contributed by atoms with Gasteiger partial charge in [0, 0.05) is 55.3 Å². The average molecular weight is 1230 g/mol. The molecule has 1 aliphatic rings. The predicted octanol–water partition coefficient (Wildman–Crippen LogP) is 2.94. The van der Waals surface area contributed by atoms with Crippen molar-refractivity contribution in [1.82, 2.24) is 56.0 Å². The zero-order chi connectivity index (χ0) is 67.4. The zero-order valence-electron chi connectivity index (χ0n) is 57.1. The third-order valence-corrected chi connectivity index (χ3v) is 16.6. The Morgan fingerprint density at radius 2 is 0.897 bits per heavy atom. The fraction of sp³-hybridized carbons (Fsp3) is 0.794. The van der Waals surface area contributed by atoms with E-state index in [1.165, 1.54) is 82.8 Å². The number of aliphatic hydroxyl groups excluding tert-OH is 1. The predicted molar refractivity (Wildman–Crippen MR) is 335 cm³/mol. The first-order chi connectivity index (χ1) is 40.3. The Bertz CT molecular complexity index is 2370. The molecule has 1 unspecified atom stereocenters. The smallest absolute Gasteiger partial charge is 0.246 e. The van der Waals surface area contributed by atoms with Crippen LogP contribution in [-0.2, 0) is 57.5 Å². The molecule has 14 atom stereocenters. The van der Waals surface area contributed by atoms with Gasteiger partial charge < -0.3 is 65.8 Å². The number of ether oxygens (including phenoxy) is 1. The molecule has 87 heavy (non-hydrogen) atoms. The van der Waals surface area contributed by atoms with E-state index in [1.807, 2.05) is 41.5 Å². The summed E-state index contributed by atoms with van der Waals surface area (Å²) in [5.74, 6) is -10.7. The summed E-state index contributed by atoms with van der Waals surface area (Å²) in [4.78, 5) is 168. The summed E-state index contributed by atoms with van der Waals surface area (Å²) in [6.07, 6.45) is 2.84. The van der Waals surface area contributed by atoms with E-state index >= 15 is 9.59 Å². The lowest BCUT2D eigenvalue weighted by atomic mass is 9.91. The molecule has 498 valence electrons. The Hall–Kier alpha value is -6.17. The average Bonchev–Trinajstić information content (AvgIpc) is 1.88. The third-order valence-electron chi connectivity index (χ3n) is 16.6. The molecule has 0 saturated carbocycles. The van der Waals surface area contributed by atoms with E-state index in [0.717, 1.165) is 9.80 Å². The molecule has 0 aromatic carbocycles. The van der Waals surface area contributed by atoms with Gasteiger partial charge in [0.05, 0.1) is 12.7 Å². The Morgan fingerprint density at radius 3 is 1.36 bits per heavy atom. The molecule has 1 saturated heterocycles. The topological polar surface area (TPSA) is 297 Å². The summed E-state index contributed by atoms with van der Waals surface area (Å²) in [6, 6.07) is -13.9. The summed E-state index contributed by atoms with van der Waals surface area (Å²) in [6.45, 7) is 29.4. The van der Waals surface area contributed by atoms with E-state index in [0.29, 0.717) is 6.42 Å². The standard InChI is InChI=1S/C63H113N11O13/c1-25-28-29-39(14)52(75)51-57(80)66-43(26-2)59(82)69(18)44(27-3)54(77)68-49(40(15)33-87-24)56(79)67-48(37(10)11)62(85)70(19)45(30-34(4)5)55(78)64-41(16)53(76)65-42(17)58(81)71(20)46(31-35(6)7)60(83)72(21)47(32-36(8)9)61(84)73(22)50(38(12)13)63(86)74(51)23/h25,28,34-52,75H,26-27,29-33H2,1-24H3,(H,64,78)(H,65,76)(H,66,80)(H,67,79)(H,68,77)/b28-25+/t39-,40-,41+,42-,43+,44-,45+,46+,47+,48+,49+,50+,51?,52-/m1/s1. The molecule has 24 heteroatoms. The number of rotatable bonds is 17. The monoisotopic (exact) mass is 1230 g/mol. The molecule has 11 amide bonds. The maximum absolute atomic E-state index is 15.2. The summed E-state index contributed by atoms with van der Waals surface area (Å²) in [7, 11) is 9.90. The number of methoxy groups -OCH3 is 1. The second-order valence-electron chi connectivity index (χ2n) is 26.0. The first-order valence-electron chi connectivity index (χ1n) is 31.2. The number of nitrogens with one attached hydrogen (secondary N) is 5. The molecule has 0 aromatic rings. The van der Waals surface area contributed by atoms with Crippen LogP contribution in [0, 0.1) is 41.4 Å². The van der Waals surface area contributed by atoms with Crippen LogP contribution in [0.5, 0.6) is 0 Å². The molecule has 1 heterocycles. The van der Waals surface area contributed by atoms with Crippen LogP contribution in [0.2, 0.25) is 0 Å². The second kappa shape index (κ2) is 36.3. The highest BCUT2D eigenvalue weighted by molar-refractivity contribution is 6.00. The van der Waals surface area contributed by atoms with E-state index < -0.39 is 161 Å². The van der Waals surface area contributed by atoms with Crippen molar-refractivity contribution in [2.24, 2.45) is 41.4 Å². The van der Waals surface area contributed by atoms with E-state index in [4.69, 9.17) is 4.74 Å². The maximum Gasteiger partial charge on any atom is 0.246 e. The van der Waals surface area contributed by atoms with Crippen molar-refractivity contribution >= 4 is 65.0 Å². The van der Waals surface area contributed by atoms with Crippen molar-refractivity contribution in [3.63, 3.8) is 0 Å². The van der Waals surface area contributed by atoms with Crippen LogP contribution in [0.3, 0.4) is 0 Å². The Labute approximate surface area is 520 Å². The zero-order valence-corrected chi connectivity index (χ0v) is 57.1. The molecule has 0 aromatic heterocycles. The molecular formula is C63H113N11O13. The minimum atomic E-state index is -1.63. The van der Waals surface area contributed by atoms with Crippen LogP contribution in [0.15, 0.2) is 12.2 Å². The maximum atomic E-state index is 15.2. The number of carbonyl (C=O) groups excluding carboxylic acids is 11. The highest BCUT2D eigenvalue weighted by Gasteiger charge is 2.46. The van der Waals surface area contributed by atoms with Gasteiger partial charge >= 0.3 is 0 Å². The number of likely N-dealkylation sites (N-methyl/N-ethyl adjacent to an activating group) is 6. The summed E-state index contributed by atoms with van der Waals surface area (Å²) >= 11 is 0. The van der Waals surface area contributed by atoms with Gasteiger partial charge in [-0.25, -0.2) is 0 Å². The van der Waals surface area contributed by atoms with Crippen molar-refractivity contribution < 1.29 is 62.6 Å². The quantitative estimate of drug-likeness (QED) is 0.114. The Kier molecular flexibility index (Phi) is 32.9. The van der Waals surface area contributed by atoms with Crippen molar-refractivity contribution in [2.45, 2.75) is 229 Å². The largest absolute Gasteiger partial charge is 0.390 e. The van der Waals surface area contributed by atoms with Gasteiger partial charge in [-0.05, 0) is 94.8 Å². The summed E-state index contributed by atoms with van der Waals surface area (Å²) < 4.78 is 5.42. The number of carbonyl (C=O) groups is 11. The van der Waals surface area contributed by atoms with Gasteiger partial charge in [-0.1, -0.05) is 109 Å². The minimum absolute atomic E-state index is 0.000596. The second-order valence-corrected chi connectivity index (χ2v) is 26.0. The number of aliphatic hydroxyl groups is 1. The van der Waals surface area contributed by atoms with E-state index in [1.54, 1.807) is 74.5 Å². The SMILES string of the molecule is C/C=C/C[C@@H](C)[C@@H](O)C1C(=O)N[C@@H](CC)C(=O)N(C)[C@H](CC)C(=O)N[C@@H]([C@H](C)COC)C(=O)N[C@@H](C(C)C)C(=O)N(C)[C@@H](CC(C)C)C(=O)N[C@@H](C)C(=O)N[C@H](C)C(=O)N(C)[C@@H](CC(C)C)C(=O)N(C)[C@@H](CC(C)C)C(=O)N(C)[C@@H](C(C)C)C(=O)N1C. The Morgan fingerprint density at radius 1 is 0.460 bits per heavy atom. The number of nitrogens with zero attached hydrogens (tertiary/aromatic N) is 6. The van der Waals surface area contributed by atoms with Crippen LogP contribution in [-0.4, -0.2) is 228 Å². The number of hydrogen-bond acceptors (Lipinski definition) is 13. The normalized spacial score (nSPS) is 27.6. The molecule has 1 rings (SSSR count). The number of allylic oxidation sites excluding steroid dienone is 2. The van der Waals surface area contributed by atoms with Crippen LogP contribution >= 0.6 is 0 Å². The van der Waals surface area contributed by atoms with Crippen LogP contribution in [0.1, 0.15) is 156 Å². The van der Waals surface area contributed by atoms with Gasteiger partial charge in [-0.2, -0.15) is 0 Å². The number of hydrogen-bond donors (Lipinski definition) is 6. The number of amides is 11. The Balaban J connectivity index is 4.40. The highest BCUT2D eigenvalue weighted by atomic mass is 16.5. The molecule has 0 bridgehead atoms. The van der Waals surface area contributed by atoms with Gasteiger partial charge in [-0.15, -0.1) is 0 Å². The molecular weight excluding hydrogens is 1120 g/mol. The van der Waals surface area contributed by atoms with Gasteiger partial charge in [0.2, 0.25) is 65.0 Å². The lowest BCUT2D eigenvalue weighted by Crippen LogP contribution is -2.64. The van der Waals surface area contributed by atoms with Crippen LogP contribution in [0.4, 0.5) is 0 Å². The highest BCUT2D eigenvalue weighted by Crippen LogP contribution is 2.26. The molecule has 0 radical (unpaired) electrons. The molecule has 24 nitrogen and oxygen atoms in total. The molecule has 6 N–H and O–H groups in total. The van der Waals surface area contributed by atoms with Crippen LogP contribution in [0.25, 0.3) is 0 Å². The molecule has 1 fully saturated rings. The van der Waals surface area contributed by atoms with Crippen molar-refractivity contribution in [2.75, 3.05) is 56.0 Å². The fourth-order valence-electron chi connectivity index (χ4n) is 11.1. The van der Waals surface area contributed by atoms with Crippen molar-refractivity contribution in [3.05, 3.63) is 12.2 Å². The van der Waals surface area contributed by atoms with Gasteiger partial charge in [-0.3, -0.25) is 52.7 Å². The van der Waals surface area contributed by atoms with Crippen LogP contribution < -0.4 is 26.6 Å². The van der Waals surface area contributed by atoms with Gasteiger partial charge in [0.15, 0.2) is 0 Å². The fourth-order valence-corrected chi connectivity index (χ4v) is 11.1. The first kappa shape index (κ1) is 78.8. The van der Waals surface area contributed by atoms with E-state index in [2.05, 4.69) is 26.6 Å². The lowest BCUT2D eigenvalue weighted by Gasteiger charge is -2.41. The van der Waals surface area contributed by atoms with Crippen molar-refractivity contribution in [3.8, 4) is 0 Å². The lowest BCUT2D eigenvalue weighted by molar-refractivity contribution is -0.157. The molecule has 0 aliphatic carbocycles. The third kappa shape index (κ3) is 21.8. The van der Waals surface area contributed by atoms with E-state index in [-0.39, 0.29) is 56.5 Å². The van der Waals surface area contributed by atoms with Crippen molar-refractivity contribution in [1.29, 1.82) is 0 Å². The summed E-state index contributed by atoms with van der Waals surface area (Å²) in [5, 5.41) is 25.9. The van der Waals surface area contributed by atoms with Gasteiger partial charge in [0.1, 0.15) is 66.5 Å². The molecule has 1 aliphatic heterocycles.